The predicted octanol–water partition coefficient (Wildman–Crippen LogP) is 3.05. The second-order valence-electron chi connectivity index (χ2n) is 5.18. The van der Waals surface area contributed by atoms with E-state index in [1.807, 2.05) is 0 Å². The Morgan fingerprint density at radius 2 is 1.83 bits per heavy atom. The molecular formula is C17H16FN3O3. The number of aryl methyl sites for hydroxylation is 1. The maximum absolute atomic E-state index is 13.5. The van der Waals surface area contributed by atoms with Crippen LogP contribution in [0.2, 0.25) is 0 Å². The number of amides is 1. The zero-order valence-corrected chi connectivity index (χ0v) is 13.5. The number of nitrogens with zero attached hydrogens (tertiary/aromatic N) is 2. The van der Waals surface area contributed by atoms with Crippen molar-refractivity contribution in [3.05, 3.63) is 53.7 Å². The number of anilines is 1. The highest BCUT2D eigenvalue weighted by molar-refractivity contribution is 6.04. The molecule has 2 aromatic heterocycles. The number of hydrogen-bond acceptors (Lipinski definition) is 4. The van der Waals surface area contributed by atoms with Crippen molar-refractivity contribution in [3.63, 3.8) is 0 Å². The minimum Gasteiger partial charge on any atom is -0.497 e. The monoisotopic (exact) mass is 329 g/mol. The van der Waals surface area contributed by atoms with Gasteiger partial charge < -0.3 is 14.8 Å². The Balaban J connectivity index is 1.99. The number of carbonyl (C=O) groups excluding carboxylic acids is 1. The highest BCUT2D eigenvalue weighted by Gasteiger charge is 2.17. The Bertz CT molecular complexity index is 899. The fourth-order valence-electron chi connectivity index (χ4n) is 2.48. The van der Waals surface area contributed by atoms with Crippen LogP contribution >= 0.6 is 0 Å². The largest absolute Gasteiger partial charge is 0.497 e. The number of aromatic nitrogens is 2. The Kier molecular flexibility index (Phi) is 4.07. The summed E-state index contributed by atoms with van der Waals surface area (Å²) in [6.45, 7) is 1.70. The third kappa shape index (κ3) is 2.88. The van der Waals surface area contributed by atoms with Gasteiger partial charge in [-0.15, -0.1) is 0 Å². The minimum atomic E-state index is -0.447. The SMILES string of the molecule is COc1cc(NC(=O)c2c(C)nc3ccc(F)cn23)cc(OC)c1. The van der Waals surface area contributed by atoms with Crippen LogP contribution in [0.4, 0.5) is 10.1 Å². The zero-order valence-electron chi connectivity index (χ0n) is 13.5. The fourth-order valence-corrected chi connectivity index (χ4v) is 2.48. The molecule has 0 atom stereocenters. The molecule has 6 nitrogen and oxygen atoms in total. The van der Waals surface area contributed by atoms with Crippen LogP contribution < -0.4 is 14.8 Å². The predicted molar refractivity (Wildman–Crippen MR) is 87.4 cm³/mol. The second kappa shape index (κ2) is 6.19. The summed E-state index contributed by atoms with van der Waals surface area (Å²) in [4.78, 5) is 16.9. The van der Waals surface area contributed by atoms with Gasteiger partial charge in [-0.25, -0.2) is 9.37 Å². The molecule has 0 fully saturated rings. The number of methoxy groups -OCH3 is 2. The van der Waals surface area contributed by atoms with E-state index in [-0.39, 0.29) is 5.69 Å². The van der Waals surface area contributed by atoms with E-state index in [9.17, 15) is 9.18 Å². The van der Waals surface area contributed by atoms with Gasteiger partial charge >= 0.3 is 0 Å². The number of halogens is 1. The number of fused-ring (bicyclic) bond motifs is 1. The van der Waals surface area contributed by atoms with Crippen molar-refractivity contribution >= 4 is 17.2 Å². The van der Waals surface area contributed by atoms with Crippen molar-refractivity contribution in [2.45, 2.75) is 6.92 Å². The smallest absolute Gasteiger partial charge is 0.274 e. The molecule has 2 heterocycles. The van der Waals surface area contributed by atoms with E-state index in [1.54, 1.807) is 25.1 Å². The zero-order chi connectivity index (χ0) is 17.3. The van der Waals surface area contributed by atoms with Crippen molar-refractivity contribution in [1.29, 1.82) is 0 Å². The van der Waals surface area contributed by atoms with Crippen LogP contribution in [0.1, 0.15) is 16.2 Å². The number of ether oxygens (including phenoxy) is 2. The first-order valence-corrected chi connectivity index (χ1v) is 7.20. The molecule has 1 aromatic carbocycles. The van der Waals surface area contributed by atoms with Crippen molar-refractivity contribution < 1.29 is 18.7 Å². The number of benzene rings is 1. The van der Waals surface area contributed by atoms with E-state index < -0.39 is 11.7 Å². The quantitative estimate of drug-likeness (QED) is 0.799. The molecule has 0 saturated carbocycles. The molecule has 0 saturated heterocycles. The molecule has 0 bridgehead atoms. The molecule has 0 radical (unpaired) electrons. The number of nitrogens with one attached hydrogen (secondary N) is 1. The minimum absolute atomic E-state index is 0.270. The third-order valence-corrected chi connectivity index (χ3v) is 3.58. The van der Waals surface area contributed by atoms with Crippen molar-refractivity contribution in [3.8, 4) is 11.5 Å². The number of pyridine rings is 1. The van der Waals surface area contributed by atoms with E-state index >= 15 is 0 Å². The molecule has 24 heavy (non-hydrogen) atoms. The Morgan fingerprint density at radius 1 is 1.17 bits per heavy atom. The molecular weight excluding hydrogens is 313 g/mol. The number of hydrogen-bond donors (Lipinski definition) is 1. The molecule has 0 unspecified atom stereocenters. The molecule has 1 amide bonds. The molecule has 3 rings (SSSR count). The highest BCUT2D eigenvalue weighted by atomic mass is 19.1. The average Bonchev–Trinajstić information content (AvgIpc) is 2.89. The van der Waals surface area contributed by atoms with E-state index in [2.05, 4.69) is 10.3 Å². The number of imidazole rings is 1. The van der Waals surface area contributed by atoms with Crippen LogP contribution in [0.5, 0.6) is 11.5 Å². The Hall–Kier alpha value is -3.09. The van der Waals surface area contributed by atoms with Gasteiger partial charge in [-0.05, 0) is 19.1 Å². The summed E-state index contributed by atoms with van der Waals surface area (Å²) in [6, 6.07) is 7.85. The molecule has 3 aromatic rings. The normalized spacial score (nSPS) is 10.7. The summed E-state index contributed by atoms with van der Waals surface area (Å²) in [6.07, 6.45) is 1.23. The lowest BCUT2D eigenvalue weighted by Gasteiger charge is -2.10. The molecule has 0 aliphatic rings. The van der Waals surface area contributed by atoms with Crippen LogP contribution in [-0.4, -0.2) is 29.5 Å². The first-order chi connectivity index (χ1) is 11.5. The molecule has 1 N–H and O–H groups in total. The van der Waals surface area contributed by atoms with E-state index in [4.69, 9.17) is 9.47 Å². The first kappa shape index (κ1) is 15.8. The number of rotatable bonds is 4. The lowest BCUT2D eigenvalue weighted by Crippen LogP contribution is -2.15. The van der Waals surface area contributed by atoms with Gasteiger partial charge in [0.15, 0.2) is 0 Å². The highest BCUT2D eigenvalue weighted by Crippen LogP contribution is 2.26. The van der Waals surface area contributed by atoms with Gasteiger partial charge in [0.05, 0.1) is 19.9 Å². The van der Waals surface area contributed by atoms with Crippen LogP contribution in [0.15, 0.2) is 36.5 Å². The summed E-state index contributed by atoms with van der Waals surface area (Å²) in [5.41, 5.74) is 1.78. The van der Waals surface area contributed by atoms with Crippen molar-refractivity contribution in [2.24, 2.45) is 0 Å². The Morgan fingerprint density at radius 3 is 2.46 bits per heavy atom. The lowest BCUT2D eigenvalue weighted by atomic mass is 10.2. The molecule has 124 valence electrons. The van der Waals surface area contributed by atoms with Gasteiger partial charge in [0.25, 0.3) is 5.91 Å². The van der Waals surface area contributed by atoms with Gasteiger partial charge in [0.1, 0.15) is 28.7 Å². The Labute approximate surface area is 137 Å². The lowest BCUT2D eigenvalue weighted by molar-refractivity contribution is 0.102. The standard InChI is InChI=1S/C17H16FN3O3/c1-10-16(21-9-11(18)4-5-15(21)19-10)17(22)20-12-6-13(23-2)8-14(7-12)24-3/h4-9H,1-3H3,(H,20,22). The van der Waals surface area contributed by atoms with E-state index in [1.165, 1.54) is 36.9 Å². The molecule has 0 aliphatic heterocycles. The third-order valence-electron chi connectivity index (χ3n) is 3.58. The molecule has 0 spiro atoms. The maximum atomic E-state index is 13.5. The van der Waals surface area contributed by atoms with Crippen LogP contribution in [-0.2, 0) is 0 Å². The first-order valence-electron chi connectivity index (χ1n) is 7.20. The van der Waals surface area contributed by atoms with Crippen molar-refractivity contribution in [2.75, 3.05) is 19.5 Å². The van der Waals surface area contributed by atoms with Crippen LogP contribution in [0.3, 0.4) is 0 Å². The van der Waals surface area contributed by atoms with Gasteiger partial charge in [-0.1, -0.05) is 0 Å². The fraction of sp³-hybridized carbons (Fsp3) is 0.176. The summed E-state index contributed by atoms with van der Waals surface area (Å²) in [7, 11) is 3.05. The summed E-state index contributed by atoms with van der Waals surface area (Å²) in [5.74, 6) is 0.244. The van der Waals surface area contributed by atoms with Gasteiger partial charge in [0, 0.05) is 30.1 Å². The van der Waals surface area contributed by atoms with Crippen molar-refractivity contribution in [1.82, 2.24) is 9.38 Å². The maximum Gasteiger partial charge on any atom is 0.274 e. The summed E-state index contributed by atoms with van der Waals surface area (Å²) in [5, 5.41) is 2.76. The van der Waals surface area contributed by atoms with Crippen LogP contribution in [0.25, 0.3) is 5.65 Å². The number of carbonyl (C=O) groups is 1. The molecule has 7 heteroatoms. The van der Waals surface area contributed by atoms with Crippen LogP contribution in [0, 0.1) is 12.7 Å². The topological polar surface area (TPSA) is 64.9 Å². The van der Waals surface area contributed by atoms with E-state index in [0.717, 1.165) is 0 Å². The van der Waals surface area contributed by atoms with Gasteiger partial charge in [-0.3, -0.25) is 9.20 Å². The molecule has 0 aliphatic carbocycles. The average molecular weight is 329 g/mol. The van der Waals surface area contributed by atoms with Gasteiger partial charge in [-0.2, -0.15) is 0 Å². The van der Waals surface area contributed by atoms with Gasteiger partial charge in [0.2, 0.25) is 0 Å². The van der Waals surface area contributed by atoms with E-state index in [0.29, 0.717) is 28.5 Å². The second-order valence-corrected chi connectivity index (χ2v) is 5.18. The summed E-state index contributed by atoms with van der Waals surface area (Å²) < 4.78 is 25.3. The summed E-state index contributed by atoms with van der Waals surface area (Å²) >= 11 is 0.